The lowest BCUT2D eigenvalue weighted by Crippen LogP contribution is -2.52. The van der Waals surface area contributed by atoms with Crippen molar-refractivity contribution in [3.8, 4) is 5.75 Å². The highest BCUT2D eigenvalue weighted by Crippen LogP contribution is 2.68. The summed E-state index contributed by atoms with van der Waals surface area (Å²) in [6.07, 6.45) is 17.9. The largest absolute Gasteiger partial charge is 0.507 e. The van der Waals surface area contributed by atoms with Crippen molar-refractivity contribution in [2.45, 2.75) is 105 Å². The van der Waals surface area contributed by atoms with Crippen LogP contribution in [-0.4, -0.2) is 5.11 Å². The van der Waals surface area contributed by atoms with E-state index in [0.29, 0.717) is 16.6 Å². The van der Waals surface area contributed by atoms with E-state index in [0.717, 1.165) is 53.4 Å². The molecule has 4 aliphatic rings. The fraction of sp³-hybridized carbons (Fsp3) is 0.758. The summed E-state index contributed by atoms with van der Waals surface area (Å²) < 4.78 is 0. The molecular weight excluding hydrogens is 412 g/mol. The quantitative estimate of drug-likeness (QED) is 0.446. The van der Waals surface area contributed by atoms with E-state index in [9.17, 15) is 5.11 Å². The minimum Gasteiger partial charge on any atom is -0.507 e. The van der Waals surface area contributed by atoms with Gasteiger partial charge in [-0.1, -0.05) is 78.2 Å². The maximum absolute atomic E-state index is 10.5. The molecule has 1 aromatic carbocycles. The van der Waals surface area contributed by atoms with Gasteiger partial charge in [0.05, 0.1) is 0 Å². The summed E-state index contributed by atoms with van der Waals surface area (Å²) in [6, 6.07) is 7.98. The normalized spacial score (nSPS) is 40.3. The molecule has 0 radical (unpaired) electrons. The summed E-state index contributed by atoms with van der Waals surface area (Å²) in [5.74, 6) is 6.76. The molecule has 0 aliphatic heterocycles. The Hall–Kier alpha value is -1.24. The molecule has 1 N–H and O–H groups in total. The number of hydrogen-bond donors (Lipinski definition) is 1. The molecule has 8 atom stereocenters. The lowest BCUT2D eigenvalue weighted by atomic mass is 9.44. The zero-order valence-corrected chi connectivity index (χ0v) is 22.7. The summed E-state index contributed by atoms with van der Waals surface area (Å²) in [5.41, 5.74) is 3.52. The second kappa shape index (κ2) is 9.33. The fourth-order valence-electron chi connectivity index (χ4n) is 9.87. The zero-order valence-electron chi connectivity index (χ0n) is 22.7. The van der Waals surface area contributed by atoms with Crippen molar-refractivity contribution in [1.29, 1.82) is 0 Å². The molecule has 0 amide bonds. The van der Waals surface area contributed by atoms with Crippen LogP contribution in [-0.2, 0) is 0 Å². The molecule has 3 saturated carbocycles. The van der Waals surface area contributed by atoms with E-state index in [1.807, 2.05) is 12.1 Å². The van der Waals surface area contributed by atoms with Crippen LogP contribution in [0, 0.1) is 52.3 Å². The lowest BCUT2D eigenvalue weighted by molar-refractivity contribution is -0.0999. The third kappa shape index (κ3) is 4.08. The molecule has 0 unspecified atom stereocenters. The van der Waals surface area contributed by atoms with E-state index >= 15 is 0 Å². The van der Waals surface area contributed by atoms with Crippen LogP contribution in [0.15, 0.2) is 30.3 Å². The number of benzene rings is 1. The third-order valence-electron chi connectivity index (χ3n) is 11.8. The van der Waals surface area contributed by atoms with Gasteiger partial charge >= 0.3 is 0 Å². The molecule has 0 heterocycles. The highest BCUT2D eigenvalue weighted by Gasteiger charge is 2.60. The molecule has 1 nitrogen and oxygen atoms in total. The van der Waals surface area contributed by atoms with Gasteiger partial charge in [0, 0.05) is 5.56 Å². The number of hydrogen-bond acceptors (Lipinski definition) is 1. The van der Waals surface area contributed by atoms with Crippen LogP contribution in [0.2, 0.25) is 0 Å². The molecule has 3 fully saturated rings. The first kappa shape index (κ1) is 24.5. The first-order valence-corrected chi connectivity index (χ1v) is 14.7. The van der Waals surface area contributed by atoms with Gasteiger partial charge in [-0.05, 0) is 115 Å². The number of allylic oxidation sites excluding steroid dienone is 2. The van der Waals surface area contributed by atoms with Gasteiger partial charge in [0.1, 0.15) is 5.75 Å². The molecule has 0 spiro atoms. The van der Waals surface area contributed by atoms with Crippen LogP contribution in [0.5, 0.6) is 5.75 Å². The van der Waals surface area contributed by atoms with Gasteiger partial charge in [-0.3, -0.25) is 0 Å². The number of para-hydroxylation sites is 1. The van der Waals surface area contributed by atoms with E-state index < -0.39 is 0 Å². The predicted octanol–water partition coefficient (Wildman–Crippen LogP) is 9.51. The molecule has 0 aromatic heterocycles. The Labute approximate surface area is 209 Å². The first-order chi connectivity index (χ1) is 16.2. The number of phenols is 1. The molecule has 4 aliphatic carbocycles. The van der Waals surface area contributed by atoms with Crippen molar-refractivity contribution < 1.29 is 5.11 Å². The Morgan fingerprint density at radius 1 is 0.912 bits per heavy atom. The van der Waals surface area contributed by atoms with E-state index in [1.165, 1.54) is 69.8 Å². The lowest BCUT2D eigenvalue weighted by Gasteiger charge is -2.60. The summed E-state index contributed by atoms with van der Waals surface area (Å²) in [7, 11) is 0. The number of aromatic hydroxyl groups is 1. The van der Waals surface area contributed by atoms with E-state index in [1.54, 1.807) is 0 Å². The van der Waals surface area contributed by atoms with Crippen LogP contribution in [0.25, 0.3) is 5.57 Å². The second-order valence-corrected chi connectivity index (χ2v) is 13.8. The van der Waals surface area contributed by atoms with Gasteiger partial charge in [0.15, 0.2) is 0 Å². The van der Waals surface area contributed by atoms with Crippen LogP contribution >= 0.6 is 0 Å². The van der Waals surface area contributed by atoms with Crippen molar-refractivity contribution in [3.05, 3.63) is 35.9 Å². The van der Waals surface area contributed by atoms with E-state index in [2.05, 4.69) is 52.8 Å². The number of fused-ring (bicyclic) bond motifs is 5. The van der Waals surface area contributed by atoms with Gasteiger partial charge in [-0.25, -0.2) is 0 Å². The van der Waals surface area contributed by atoms with Crippen LogP contribution < -0.4 is 0 Å². The van der Waals surface area contributed by atoms with Crippen LogP contribution in [0.1, 0.15) is 111 Å². The van der Waals surface area contributed by atoms with Crippen LogP contribution in [0.3, 0.4) is 0 Å². The second-order valence-electron chi connectivity index (χ2n) is 13.8. The van der Waals surface area contributed by atoms with Crippen molar-refractivity contribution in [2.24, 2.45) is 52.3 Å². The number of phenolic OH excluding ortho intramolecular Hbond substituents is 1. The molecule has 5 rings (SSSR count). The predicted molar refractivity (Wildman–Crippen MR) is 145 cm³/mol. The Morgan fingerprint density at radius 3 is 2.44 bits per heavy atom. The van der Waals surface area contributed by atoms with E-state index in [-0.39, 0.29) is 0 Å². The fourth-order valence-corrected chi connectivity index (χ4v) is 9.87. The molecule has 0 bridgehead atoms. The SMILES string of the molecule is CC(C)CCC[C@@H](C)[C@H]1CC[C@H]2[C@@H]3CC[C@H]4CC(c5ccccc5O)=CC[C@]4(C)[C@H]3CC[C@]12C. The monoisotopic (exact) mass is 462 g/mol. The van der Waals surface area contributed by atoms with Gasteiger partial charge in [0.25, 0.3) is 0 Å². The summed E-state index contributed by atoms with van der Waals surface area (Å²) in [4.78, 5) is 0. The smallest absolute Gasteiger partial charge is 0.123 e. The van der Waals surface area contributed by atoms with Crippen molar-refractivity contribution >= 4 is 5.57 Å². The van der Waals surface area contributed by atoms with Gasteiger partial charge < -0.3 is 5.11 Å². The first-order valence-electron chi connectivity index (χ1n) is 14.7. The molecular formula is C33H50O. The molecule has 1 aromatic rings. The van der Waals surface area contributed by atoms with Gasteiger partial charge in [-0.2, -0.15) is 0 Å². The van der Waals surface area contributed by atoms with Crippen LogP contribution in [0.4, 0.5) is 0 Å². The van der Waals surface area contributed by atoms with Crippen molar-refractivity contribution in [3.63, 3.8) is 0 Å². The average molecular weight is 463 g/mol. The zero-order chi connectivity index (χ0) is 24.1. The third-order valence-corrected chi connectivity index (χ3v) is 11.8. The highest BCUT2D eigenvalue weighted by atomic mass is 16.3. The summed E-state index contributed by atoms with van der Waals surface area (Å²) in [6.45, 7) is 12.7. The molecule has 188 valence electrons. The maximum Gasteiger partial charge on any atom is 0.123 e. The Kier molecular flexibility index (Phi) is 6.71. The Morgan fingerprint density at radius 2 is 1.68 bits per heavy atom. The average Bonchev–Trinajstić information content (AvgIpc) is 3.16. The molecule has 34 heavy (non-hydrogen) atoms. The summed E-state index contributed by atoms with van der Waals surface area (Å²) >= 11 is 0. The van der Waals surface area contributed by atoms with Gasteiger partial charge in [0.2, 0.25) is 0 Å². The van der Waals surface area contributed by atoms with Gasteiger partial charge in [-0.15, -0.1) is 0 Å². The molecule has 0 saturated heterocycles. The highest BCUT2D eigenvalue weighted by molar-refractivity contribution is 5.71. The molecule has 1 heteroatoms. The number of rotatable bonds is 6. The van der Waals surface area contributed by atoms with Crippen molar-refractivity contribution in [2.75, 3.05) is 0 Å². The minimum atomic E-state index is 0.457. The maximum atomic E-state index is 10.5. The Bertz CT molecular complexity index is 898. The topological polar surface area (TPSA) is 20.2 Å². The van der Waals surface area contributed by atoms with Crippen molar-refractivity contribution in [1.82, 2.24) is 0 Å². The minimum absolute atomic E-state index is 0.457. The standard InChI is InChI=1S/C33H50O/c1-22(2)9-8-10-23(3)28-15-16-29-27-14-13-25-21-24(26-11-6-7-12-31(26)34)17-19-32(25,4)30(27)18-20-33(28,29)5/h6-7,11-12,17,22-23,25,27-30,34H,8-10,13-16,18-21H2,1-5H3/t23-,25+,27+,28-,29+,30+,32+,33-/m1/s1. The Balaban J connectivity index is 1.31. The summed E-state index contributed by atoms with van der Waals surface area (Å²) in [5, 5.41) is 10.5. The van der Waals surface area contributed by atoms with E-state index in [4.69, 9.17) is 0 Å².